The van der Waals surface area contributed by atoms with E-state index in [1.165, 1.54) is 7.11 Å². The molecule has 6 heteroatoms. The number of nitrogens with zero attached hydrogens (tertiary/aromatic N) is 1. The van der Waals surface area contributed by atoms with Crippen LogP contribution in [0.1, 0.15) is 5.56 Å². The lowest BCUT2D eigenvalue weighted by atomic mass is 10.1. The quantitative estimate of drug-likeness (QED) is 0.802. The lowest BCUT2D eigenvalue weighted by molar-refractivity contribution is 0.407. The van der Waals surface area contributed by atoms with E-state index in [1.807, 2.05) is 6.07 Å². The van der Waals surface area contributed by atoms with Crippen LogP contribution in [0.3, 0.4) is 0 Å². The molecule has 0 aliphatic carbocycles. The van der Waals surface area contributed by atoms with Crippen molar-refractivity contribution in [2.24, 2.45) is 0 Å². The standard InChI is InChI=1S/C10H10FNO3S/c1-15-9-6-10(16(2,13)14)8(11)5-7(9)3-4-12/h5-6H,3H2,1-2H3. The molecule has 0 amide bonds. The van der Waals surface area contributed by atoms with Crippen molar-refractivity contribution in [1.82, 2.24) is 0 Å². The van der Waals surface area contributed by atoms with Gasteiger partial charge in [-0.3, -0.25) is 0 Å². The molecule has 1 aromatic carbocycles. The predicted octanol–water partition coefficient (Wildman–Crippen LogP) is 1.30. The van der Waals surface area contributed by atoms with Crippen LogP contribution in [0.5, 0.6) is 5.75 Å². The summed E-state index contributed by atoms with van der Waals surface area (Å²) in [5.41, 5.74) is 0.329. The molecule has 0 unspecified atom stereocenters. The molecule has 16 heavy (non-hydrogen) atoms. The number of hydrogen-bond donors (Lipinski definition) is 0. The fourth-order valence-electron chi connectivity index (χ4n) is 1.27. The van der Waals surface area contributed by atoms with Gasteiger partial charge in [0.25, 0.3) is 0 Å². The molecule has 4 nitrogen and oxygen atoms in total. The van der Waals surface area contributed by atoms with Gasteiger partial charge in [0.2, 0.25) is 0 Å². The van der Waals surface area contributed by atoms with Crippen LogP contribution in [-0.4, -0.2) is 21.8 Å². The van der Waals surface area contributed by atoms with E-state index < -0.39 is 20.5 Å². The molecule has 0 radical (unpaired) electrons. The van der Waals surface area contributed by atoms with Crippen LogP contribution in [0.2, 0.25) is 0 Å². The van der Waals surface area contributed by atoms with Crippen LogP contribution >= 0.6 is 0 Å². The third-order valence-electron chi connectivity index (χ3n) is 2.00. The van der Waals surface area contributed by atoms with Crippen molar-refractivity contribution in [2.45, 2.75) is 11.3 Å². The van der Waals surface area contributed by atoms with Crippen molar-refractivity contribution in [3.63, 3.8) is 0 Å². The molecule has 1 aromatic rings. The number of ether oxygens (including phenoxy) is 1. The normalized spacial score (nSPS) is 10.9. The highest BCUT2D eigenvalue weighted by molar-refractivity contribution is 7.90. The highest BCUT2D eigenvalue weighted by Gasteiger charge is 2.17. The maximum atomic E-state index is 13.4. The summed E-state index contributed by atoms with van der Waals surface area (Å²) >= 11 is 0. The van der Waals surface area contributed by atoms with Crippen LogP contribution in [0, 0.1) is 17.1 Å². The van der Waals surface area contributed by atoms with E-state index in [9.17, 15) is 12.8 Å². The Labute approximate surface area is 93.2 Å². The van der Waals surface area contributed by atoms with Gasteiger partial charge in [0.05, 0.1) is 19.6 Å². The molecule has 0 aromatic heterocycles. The van der Waals surface area contributed by atoms with Crippen molar-refractivity contribution >= 4 is 9.84 Å². The first kappa shape index (κ1) is 12.5. The first-order valence-corrected chi connectivity index (χ1v) is 6.22. The van der Waals surface area contributed by atoms with E-state index >= 15 is 0 Å². The van der Waals surface area contributed by atoms with Gasteiger partial charge in [0, 0.05) is 17.9 Å². The van der Waals surface area contributed by atoms with E-state index in [2.05, 4.69) is 0 Å². The first-order valence-electron chi connectivity index (χ1n) is 4.33. The maximum Gasteiger partial charge on any atom is 0.178 e. The van der Waals surface area contributed by atoms with Crippen molar-refractivity contribution in [2.75, 3.05) is 13.4 Å². The summed E-state index contributed by atoms with van der Waals surface area (Å²) in [4.78, 5) is -0.425. The summed E-state index contributed by atoms with van der Waals surface area (Å²) in [7, 11) is -2.30. The molecule has 1 rings (SSSR count). The fraction of sp³-hybridized carbons (Fsp3) is 0.300. The van der Waals surface area contributed by atoms with Gasteiger partial charge in [-0.1, -0.05) is 0 Å². The van der Waals surface area contributed by atoms with E-state index in [4.69, 9.17) is 10.00 Å². The summed E-state index contributed by atoms with van der Waals surface area (Å²) in [6, 6.07) is 3.95. The number of hydrogen-bond acceptors (Lipinski definition) is 4. The molecular formula is C10H10FNO3S. The Morgan fingerprint density at radius 2 is 2.12 bits per heavy atom. The zero-order valence-corrected chi connectivity index (χ0v) is 9.64. The van der Waals surface area contributed by atoms with Gasteiger partial charge in [-0.2, -0.15) is 5.26 Å². The molecule has 0 N–H and O–H groups in total. The average molecular weight is 243 g/mol. The van der Waals surface area contributed by atoms with Gasteiger partial charge in [-0.15, -0.1) is 0 Å². The second-order valence-corrected chi connectivity index (χ2v) is 5.19. The molecule has 0 aliphatic heterocycles. The topological polar surface area (TPSA) is 67.2 Å². The van der Waals surface area contributed by atoms with Crippen molar-refractivity contribution in [3.05, 3.63) is 23.5 Å². The van der Waals surface area contributed by atoms with Gasteiger partial charge in [-0.05, 0) is 6.07 Å². The summed E-state index contributed by atoms with van der Waals surface area (Å²) in [6.45, 7) is 0. The van der Waals surface area contributed by atoms with Crippen molar-refractivity contribution in [1.29, 1.82) is 5.26 Å². The highest BCUT2D eigenvalue weighted by atomic mass is 32.2. The lowest BCUT2D eigenvalue weighted by Crippen LogP contribution is -2.03. The number of rotatable bonds is 3. The molecule has 0 atom stereocenters. The van der Waals surface area contributed by atoms with Crippen LogP contribution in [0.4, 0.5) is 4.39 Å². The smallest absolute Gasteiger partial charge is 0.178 e. The number of halogens is 1. The minimum absolute atomic E-state index is 0.0376. The molecular weight excluding hydrogens is 233 g/mol. The summed E-state index contributed by atoms with van der Waals surface area (Å²) in [5.74, 6) is -0.670. The minimum Gasteiger partial charge on any atom is -0.496 e. The van der Waals surface area contributed by atoms with E-state index in [0.717, 1.165) is 18.4 Å². The van der Waals surface area contributed by atoms with E-state index in [1.54, 1.807) is 0 Å². The van der Waals surface area contributed by atoms with E-state index in [-0.39, 0.29) is 12.2 Å². The second kappa shape index (κ2) is 4.49. The van der Waals surface area contributed by atoms with Crippen LogP contribution in [0.15, 0.2) is 17.0 Å². The molecule has 86 valence electrons. The molecule has 0 heterocycles. The SMILES string of the molecule is COc1cc(S(C)(=O)=O)c(F)cc1CC#N. The number of methoxy groups -OCH3 is 1. The number of benzene rings is 1. The van der Waals surface area contributed by atoms with Crippen molar-refractivity contribution in [3.8, 4) is 11.8 Å². The summed E-state index contributed by atoms with van der Waals surface area (Å²) in [6.07, 6.45) is 0.874. The Morgan fingerprint density at radius 3 is 2.56 bits per heavy atom. The largest absolute Gasteiger partial charge is 0.496 e. The zero-order valence-electron chi connectivity index (χ0n) is 8.82. The van der Waals surface area contributed by atoms with Gasteiger partial charge in [0.15, 0.2) is 9.84 Å². The van der Waals surface area contributed by atoms with Crippen LogP contribution in [0.25, 0.3) is 0 Å². The number of nitriles is 1. The van der Waals surface area contributed by atoms with Crippen molar-refractivity contribution < 1.29 is 17.5 Å². The molecule has 0 aliphatic rings. The van der Waals surface area contributed by atoms with Crippen LogP contribution < -0.4 is 4.74 Å². The second-order valence-electron chi connectivity index (χ2n) is 3.20. The maximum absolute atomic E-state index is 13.4. The Morgan fingerprint density at radius 1 is 1.50 bits per heavy atom. The molecule has 0 fully saturated rings. The number of sulfone groups is 1. The predicted molar refractivity (Wildman–Crippen MR) is 55.4 cm³/mol. The zero-order chi connectivity index (χ0) is 12.3. The van der Waals surface area contributed by atoms with Gasteiger partial charge >= 0.3 is 0 Å². The van der Waals surface area contributed by atoms with E-state index in [0.29, 0.717) is 5.56 Å². The van der Waals surface area contributed by atoms with Gasteiger partial charge < -0.3 is 4.74 Å². The Bertz CT molecular complexity index is 546. The summed E-state index contributed by atoms with van der Waals surface area (Å²) in [5, 5.41) is 8.51. The molecule has 0 saturated carbocycles. The Balaban J connectivity index is 3.44. The van der Waals surface area contributed by atoms with Gasteiger partial charge in [0.1, 0.15) is 16.5 Å². The minimum atomic E-state index is -3.64. The first-order chi connectivity index (χ1) is 7.40. The fourth-order valence-corrected chi connectivity index (χ4v) is 2.01. The lowest BCUT2D eigenvalue weighted by Gasteiger charge is -2.08. The highest BCUT2D eigenvalue weighted by Crippen LogP contribution is 2.26. The monoisotopic (exact) mass is 243 g/mol. The Hall–Kier alpha value is -1.61. The van der Waals surface area contributed by atoms with Crippen LogP contribution in [-0.2, 0) is 16.3 Å². The Kier molecular flexibility index (Phi) is 3.50. The average Bonchev–Trinajstić information content (AvgIpc) is 2.16. The molecule has 0 spiro atoms. The molecule has 0 bridgehead atoms. The van der Waals surface area contributed by atoms with Gasteiger partial charge in [-0.25, -0.2) is 12.8 Å². The third kappa shape index (κ3) is 2.49. The molecule has 0 saturated heterocycles. The summed E-state index contributed by atoms with van der Waals surface area (Å²) < 4.78 is 40.8. The third-order valence-corrected chi connectivity index (χ3v) is 3.12.